The Balaban J connectivity index is 1.90. The number of halogens is 2. The van der Waals surface area contributed by atoms with Crippen molar-refractivity contribution in [2.24, 2.45) is 0 Å². The lowest BCUT2D eigenvalue weighted by atomic mass is 10.2. The molecular formula is C20H21F2N3O4. The van der Waals surface area contributed by atoms with Gasteiger partial charge in [-0.15, -0.1) is 0 Å². The minimum atomic E-state index is -1.03. The van der Waals surface area contributed by atoms with E-state index in [9.17, 15) is 23.2 Å². The van der Waals surface area contributed by atoms with Crippen molar-refractivity contribution in [3.63, 3.8) is 0 Å². The Bertz CT molecular complexity index is 905. The molecule has 0 aromatic heterocycles. The monoisotopic (exact) mass is 405 g/mol. The number of amides is 3. The van der Waals surface area contributed by atoms with Crippen molar-refractivity contribution in [1.29, 1.82) is 0 Å². The standard InChI is InChI=1S/C20H21F2N3O4/c1-3-25(12-18(26)24-14-5-4-6-15(10-14)29-2)19(27)11-23-20(28)16-8-7-13(21)9-17(16)22/h4-10H,3,11-12H2,1-2H3,(H,23,28)(H,24,26). The van der Waals surface area contributed by atoms with Crippen LogP contribution in [-0.2, 0) is 9.59 Å². The van der Waals surface area contributed by atoms with E-state index in [-0.39, 0.29) is 18.7 Å². The SMILES string of the molecule is CCN(CC(=O)Nc1cccc(OC)c1)C(=O)CNC(=O)c1ccc(F)cc1F. The van der Waals surface area contributed by atoms with Crippen molar-refractivity contribution >= 4 is 23.4 Å². The fraction of sp³-hybridized carbons (Fsp3) is 0.250. The van der Waals surface area contributed by atoms with Crippen LogP contribution in [0.1, 0.15) is 17.3 Å². The Kier molecular flexibility index (Phi) is 7.64. The molecule has 0 radical (unpaired) electrons. The van der Waals surface area contributed by atoms with Crippen LogP contribution in [0.25, 0.3) is 0 Å². The highest BCUT2D eigenvalue weighted by molar-refractivity contribution is 5.98. The number of ether oxygens (including phenoxy) is 1. The number of likely N-dealkylation sites (N-methyl/N-ethyl adjacent to an activating group) is 1. The molecule has 0 aliphatic rings. The van der Waals surface area contributed by atoms with E-state index in [1.165, 1.54) is 12.0 Å². The van der Waals surface area contributed by atoms with E-state index in [1.807, 2.05) is 0 Å². The highest BCUT2D eigenvalue weighted by Gasteiger charge is 2.18. The van der Waals surface area contributed by atoms with Crippen molar-refractivity contribution in [3.05, 3.63) is 59.7 Å². The van der Waals surface area contributed by atoms with E-state index >= 15 is 0 Å². The molecule has 0 aliphatic heterocycles. The molecule has 3 amide bonds. The molecule has 2 rings (SSSR count). The molecular weight excluding hydrogens is 384 g/mol. The summed E-state index contributed by atoms with van der Waals surface area (Å²) in [6.45, 7) is 1.24. The van der Waals surface area contributed by atoms with E-state index in [1.54, 1.807) is 31.2 Å². The van der Waals surface area contributed by atoms with Gasteiger partial charge in [-0.05, 0) is 31.2 Å². The van der Waals surface area contributed by atoms with Gasteiger partial charge in [-0.3, -0.25) is 14.4 Å². The maximum absolute atomic E-state index is 13.6. The Labute approximate surface area is 166 Å². The Hall–Kier alpha value is -3.49. The predicted octanol–water partition coefficient (Wildman–Crippen LogP) is 2.19. The van der Waals surface area contributed by atoms with Crippen LogP contribution in [0.4, 0.5) is 14.5 Å². The summed E-state index contributed by atoms with van der Waals surface area (Å²) in [4.78, 5) is 37.7. The zero-order valence-electron chi connectivity index (χ0n) is 16.0. The molecule has 0 saturated carbocycles. The average molecular weight is 405 g/mol. The number of hydrogen-bond donors (Lipinski definition) is 2. The van der Waals surface area contributed by atoms with Crippen molar-refractivity contribution < 1.29 is 27.9 Å². The molecule has 0 spiro atoms. The molecule has 2 N–H and O–H groups in total. The van der Waals surface area contributed by atoms with Crippen LogP contribution >= 0.6 is 0 Å². The van der Waals surface area contributed by atoms with Gasteiger partial charge in [-0.2, -0.15) is 0 Å². The summed E-state index contributed by atoms with van der Waals surface area (Å²) in [5.74, 6) is -3.07. The van der Waals surface area contributed by atoms with Gasteiger partial charge in [-0.1, -0.05) is 6.07 Å². The van der Waals surface area contributed by atoms with E-state index in [0.29, 0.717) is 17.5 Å². The molecule has 0 atom stereocenters. The maximum atomic E-state index is 13.6. The van der Waals surface area contributed by atoms with Crippen LogP contribution in [0.5, 0.6) is 5.75 Å². The van der Waals surface area contributed by atoms with Gasteiger partial charge in [0.1, 0.15) is 17.4 Å². The summed E-state index contributed by atoms with van der Waals surface area (Å²) in [5, 5.41) is 4.93. The van der Waals surface area contributed by atoms with Crippen molar-refractivity contribution in [3.8, 4) is 5.75 Å². The summed E-state index contributed by atoms with van der Waals surface area (Å²) in [5.41, 5.74) is 0.135. The molecule has 7 nitrogen and oxygen atoms in total. The number of carbonyl (C=O) groups excluding carboxylic acids is 3. The lowest BCUT2D eigenvalue weighted by Crippen LogP contribution is -2.43. The maximum Gasteiger partial charge on any atom is 0.254 e. The normalized spacial score (nSPS) is 10.2. The van der Waals surface area contributed by atoms with Crippen LogP contribution < -0.4 is 15.4 Å². The highest BCUT2D eigenvalue weighted by Crippen LogP contribution is 2.16. The van der Waals surface area contributed by atoms with E-state index < -0.39 is 35.9 Å². The lowest BCUT2D eigenvalue weighted by molar-refractivity contribution is -0.133. The fourth-order valence-electron chi connectivity index (χ4n) is 2.49. The third kappa shape index (κ3) is 6.27. The minimum Gasteiger partial charge on any atom is -0.497 e. The summed E-state index contributed by atoms with van der Waals surface area (Å²) in [6.07, 6.45) is 0. The predicted molar refractivity (Wildman–Crippen MR) is 103 cm³/mol. The minimum absolute atomic E-state index is 0.227. The zero-order chi connectivity index (χ0) is 21.4. The first-order valence-corrected chi connectivity index (χ1v) is 8.79. The molecule has 2 aromatic carbocycles. The molecule has 0 aliphatic carbocycles. The average Bonchev–Trinajstić information content (AvgIpc) is 2.70. The third-order valence-corrected chi connectivity index (χ3v) is 4.00. The number of carbonyl (C=O) groups is 3. The van der Waals surface area contributed by atoms with Crippen LogP contribution in [-0.4, -0.2) is 49.4 Å². The molecule has 0 fully saturated rings. The number of anilines is 1. The van der Waals surface area contributed by atoms with Gasteiger partial charge in [-0.25, -0.2) is 8.78 Å². The first-order chi connectivity index (χ1) is 13.8. The van der Waals surface area contributed by atoms with Gasteiger partial charge in [0.25, 0.3) is 5.91 Å². The van der Waals surface area contributed by atoms with Crippen molar-refractivity contribution in [1.82, 2.24) is 10.2 Å². The number of hydrogen-bond acceptors (Lipinski definition) is 4. The van der Waals surface area contributed by atoms with Gasteiger partial charge < -0.3 is 20.3 Å². The van der Waals surface area contributed by atoms with Gasteiger partial charge in [0.05, 0.1) is 25.8 Å². The largest absolute Gasteiger partial charge is 0.497 e. The molecule has 29 heavy (non-hydrogen) atoms. The Morgan fingerprint density at radius 3 is 2.52 bits per heavy atom. The summed E-state index contributed by atoms with van der Waals surface area (Å²) < 4.78 is 31.6. The molecule has 0 unspecified atom stereocenters. The first-order valence-electron chi connectivity index (χ1n) is 8.79. The van der Waals surface area contributed by atoms with Gasteiger partial charge >= 0.3 is 0 Å². The number of nitrogens with zero attached hydrogens (tertiary/aromatic N) is 1. The molecule has 154 valence electrons. The number of methoxy groups -OCH3 is 1. The van der Waals surface area contributed by atoms with Crippen LogP contribution in [0.2, 0.25) is 0 Å². The second kappa shape index (κ2) is 10.2. The number of rotatable bonds is 8. The van der Waals surface area contributed by atoms with Crippen LogP contribution in [0.3, 0.4) is 0 Å². The second-order valence-electron chi connectivity index (χ2n) is 5.99. The molecule has 9 heteroatoms. The Morgan fingerprint density at radius 1 is 1.10 bits per heavy atom. The summed E-state index contributed by atoms with van der Waals surface area (Å²) in [6, 6.07) is 9.26. The lowest BCUT2D eigenvalue weighted by Gasteiger charge is -2.20. The molecule has 0 heterocycles. The highest BCUT2D eigenvalue weighted by atomic mass is 19.1. The van der Waals surface area contributed by atoms with E-state index in [4.69, 9.17) is 4.74 Å². The molecule has 2 aromatic rings. The van der Waals surface area contributed by atoms with Crippen LogP contribution in [0, 0.1) is 11.6 Å². The second-order valence-corrected chi connectivity index (χ2v) is 5.99. The topological polar surface area (TPSA) is 87.7 Å². The molecule has 0 bridgehead atoms. The fourth-order valence-corrected chi connectivity index (χ4v) is 2.49. The smallest absolute Gasteiger partial charge is 0.254 e. The third-order valence-electron chi connectivity index (χ3n) is 4.00. The quantitative estimate of drug-likeness (QED) is 0.705. The van der Waals surface area contributed by atoms with Gasteiger partial charge in [0, 0.05) is 24.4 Å². The summed E-state index contributed by atoms with van der Waals surface area (Å²) >= 11 is 0. The summed E-state index contributed by atoms with van der Waals surface area (Å²) in [7, 11) is 1.50. The van der Waals surface area contributed by atoms with Gasteiger partial charge in [0.15, 0.2) is 0 Å². The van der Waals surface area contributed by atoms with E-state index in [2.05, 4.69) is 10.6 Å². The first kappa shape index (κ1) is 21.8. The van der Waals surface area contributed by atoms with Crippen molar-refractivity contribution in [2.75, 3.05) is 32.1 Å². The van der Waals surface area contributed by atoms with Crippen LogP contribution in [0.15, 0.2) is 42.5 Å². The Morgan fingerprint density at radius 2 is 1.86 bits per heavy atom. The van der Waals surface area contributed by atoms with E-state index in [0.717, 1.165) is 12.1 Å². The zero-order valence-corrected chi connectivity index (χ0v) is 16.0. The molecule has 0 saturated heterocycles. The number of nitrogens with one attached hydrogen (secondary N) is 2. The van der Waals surface area contributed by atoms with Crippen molar-refractivity contribution in [2.45, 2.75) is 6.92 Å². The number of benzene rings is 2. The van der Waals surface area contributed by atoms with Gasteiger partial charge in [0.2, 0.25) is 11.8 Å².